The van der Waals surface area contributed by atoms with Crippen molar-refractivity contribution in [1.29, 1.82) is 0 Å². The largest absolute Gasteiger partial charge is 0.481 e. The van der Waals surface area contributed by atoms with Crippen LogP contribution in [0.3, 0.4) is 0 Å². The summed E-state index contributed by atoms with van der Waals surface area (Å²) < 4.78 is 5.07. The molecule has 8 heteroatoms. The van der Waals surface area contributed by atoms with Gasteiger partial charge in [0.1, 0.15) is 5.92 Å². The second-order valence-corrected chi connectivity index (χ2v) is 4.63. The second kappa shape index (κ2) is 6.23. The van der Waals surface area contributed by atoms with Crippen LogP contribution >= 0.6 is 0 Å². The number of urea groups is 1. The SMILES string of the molecule is NC(=O)Nc1ccc(C(=O)NC2COCC2C(=O)O)cc1. The van der Waals surface area contributed by atoms with Gasteiger partial charge in [-0.3, -0.25) is 9.59 Å². The number of carboxylic acids is 1. The summed E-state index contributed by atoms with van der Waals surface area (Å²) in [6, 6.07) is 4.82. The predicted molar refractivity (Wildman–Crippen MR) is 72.8 cm³/mol. The summed E-state index contributed by atoms with van der Waals surface area (Å²) in [4.78, 5) is 33.7. The Morgan fingerprint density at radius 3 is 2.43 bits per heavy atom. The molecule has 1 aromatic rings. The second-order valence-electron chi connectivity index (χ2n) is 4.63. The Kier molecular flexibility index (Phi) is 4.39. The number of nitrogens with two attached hydrogens (primary N) is 1. The van der Waals surface area contributed by atoms with E-state index in [4.69, 9.17) is 15.6 Å². The summed E-state index contributed by atoms with van der Waals surface area (Å²) in [6.45, 7) is 0.256. The minimum atomic E-state index is -1.00. The predicted octanol–water partition coefficient (Wildman–Crippen LogP) is 0.00660. The first-order valence-electron chi connectivity index (χ1n) is 6.25. The van der Waals surface area contributed by atoms with E-state index in [9.17, 15) is 14.4 Å². The molecule has 0 radical (unpaired) electrons. The van der Waals surface area contributed by atoms with Crippen LogP contribution < -0.4 is 16.4 Å². The van der Waals surface area contributed by atoms with Crippen molar-refractivity contribution in [2.24, 2.45) is 11.7 Å². The Hall–Kier alpha value is -2.61. The maximum atomic E-state index is 12.0. The molecule has 0 aliphatic carbocycles. The standard InChI is InChI=1S/C13H15N3O5/c14-13(20)15-8-3-1-7(2-4-8)11(17)16-10-6-21-5-9(10)12(18)19/h1-4,9-10H,5-6H2,(H,16,17)(H,18,19)(H3,14,15,20). The number of benzene rings is 1. The molecule has 2 unspecified atom stereocenters. The van der Waals surface area contributed by atoms with Gasteiger partial charge in [-0.1, -0.05) is 0 Å². The van der Waals surface area contributed by atoms with E-state index in [1.807, 2.05) is 0 Å². The number of carbonyl (C=O) groups is 3. The molecular weight excluding hydrogens is 278 g/mol. The van der Waals surface area contributed by atoms with Gasteiger partial charge in [-0.2, -0.15) is 0 Å². The average Bonchev–Trinajstić information content (AvgIpc) is 2.87. The highest BCUT2D eigenvalue weighted by Crippen LogP contribution is 2.15. The summed E-state index contributed by atoms with van der Waals surface area (Å²) >= 11 is 0. The van der Waals surface area contributed by atoms with Gasteiger partial charge in [-0.15, -0.1) is 0 Å². The van der Waals surface area contributed by atoms with E-state index in [1.165, 1.54) is 24.3 Å². The van der Waals surface area contributed by atoms with Crippen LogP contribution in [0.5, 0.6) is 0 Å². The topological polar surface area (TPSA) is 131 Å². The van der Waals surface area contributed by atoms with E-state index < -0.39 is 29.9 Å². The zero-order chi connectivity index (χ0) is 15.4. The van der Waals surface area contributed by atoms with Gasteiger partial charge in [0, 0.05) is 11.3 Å². The molecule has 2 atom stereocenters. The van der Waals surface area contributed by atoms with Gasteiger partial charge in [0.2, 0.25) is 0 Å². The lowest BCUT2D eigenvalue weighted by atomic mass is 10.0. The van der Waals surface area contributed by atoms with Crippen molar-refractivity contribution in [3.05, 3.63) is 29.8 Å². The molecule has 21 heavy (non-hydrogen) atoms. The van der Waals surface area contributed by atoms with Crippen molar-refractivity contribution >= 4 is 23.6 Å². The van der Waals surface area contributed by atoms with Crippen molar-refractivity contribution in [3.63, 3.8) is 0 Å². The number of hydrogen-bond acceptors (Lipinski definition) is 4. The van der Waals surface area contributed by atoms with Crippen molar-refractivity contribution in [2.45, 2.75) is 6.04 Å². The van der Waals surface area contributed by atoms with Crippen LogP contribution in [0.25, 0.3) is 0 Å². The number of carboxylic acid groups (broad SMARTS) is 1. The Labute approximate surface area is 120 Å². The molecule has 1 fully saturated rings. The first-order valence-corrected chi connectivity index (χ1v) is 6.25. The minimum absolute atomic E-state index is 0.0851. The number of rotatable bonds is 4. The van der Waals surface area contributed by atoms with Gasteiger partial charge in [0.25, 0.3) is 5.91 Å². The van der Waals surface area contributed by atoms with Crippen LogP contribution in [0.1, 0.15) is 10.4 Å². The highest BCUT2D eigenvalue weighted by molar-refractivity contribution is 5.95. The molecular formula is C13H15N3O5. The van der Waals surface area contributed by atoms with Crippen molar-refractivity contribution in [1.82, 2.24) is 5.32 Å². The lowest BCUT2D eigenvalue weighted by Crippen LogP contribution is -2.42. The third kappa shape index (κ3) is 3.69. The third-order valence-electron chi connectivity index (χ3n) is 3.13. The average molecular weight is 293 g/mol. The van der Waals surface area contributed by atoms with E-state index >= 15 is 0 Å². The molecule has 3 amide bonds. The summed E-state index contributed by atoms with van der Waals surface area (Å²) in [5.41, 5.74) is 5.79. The number of primary amides is 1. The summed E-state index contributed by atoms with van der Waals surface area (Å²) in [5.74, 6) is -2.15. The molecule has 1 saturated heterocycles. The highest BCUT2D eigenvalue weighted by Gasteiger charge is 2.35. The van der Waals surface area contributed by atoms with E-state index in [2.05, 4.69) is 10.6 Å². The Balaban J connectivity index is 2.00. The van der Waals surface area contributed by atoms with Crippen LogP contribution in [0.4, 0.5) is 10.5 Å². The Morgan fingerprint density at radius 2 is 1.86 bits per heavy atom. The Morgan fingerprint density at radius 1 is 1.19 bits per heavy atom. The van der Waals surface area contributed by atoms with Crippen LogP contribution in [-0.4, -0.2) is 42.3 Å². The molecule has 1 aliphatic heterocycles. The number of nitrogens with one attached hydrogen (secondary N) is 2. The molecule has 1 aliphatic rings. The van der Waals surface area contributed by atoms with E-state index in [1.54, 1.807) is 0 Å². The van der Waals surface area contributed by atoms with Gasteiger partial charge in [0.15, 0.2) is 0 Å². The first kappa shape index (κ1) is 14.8. The van der Waals surface area contributed by atoms with E-state index in [-0.39, 0.29) is 13.2 Å². The van der Waals surface area contributed by atoms with Gasteiger partial charge in [-0.05, 0) is 24.3 Å². The molecule has 2 rings (SSSR count). The fourth-order valence-electron chi connectivity index (χ4n) is 2.04. The summed E-state index contributed by atoms with van der Waals surface area (Å²) in [7, 11) is 0. The van der Waals surface area contributed by atoms with Gasteiger partial charge >= 0.3 is 12.0 Å². The molecule has 1 heterocycles. The lowest BCUT2D eigenvalue weighted by Gasteiger charge is -2.15. The third-order valence-corrected chi connectivity index (χ3v) is 3.13. The molecule has 0 spiro atoms. The van der Waals surface area contributed by atoms with Crippen molar-refractivity contribution in [3.8, 4) is 0 Å². The van der Waals surface area contributed by atoms with Crippen molar-refractivity contribution in [2.75, 3.05) is 18.5 Å². The zero-order valence-electron chi connectivity index (χ0n) is 11.0. The van der Waals surface area contributed by atoms with Crippen LogP contribution in [0.2, 0.25) is 0 Å². The summed E-state index contributed by atoms with van der Waals surface area (Å²) in [5, 5.41) is 14.0. The minimum Gasteiger partial charge on any atom is -0.481 e. The molecule has 112 valence electrons. The highest BCUT2D eigenvalue weighted by atomic mass is 16.5. The van der Waals surface area contributed by atoms with Crippen LogP contribution in [0, 0.1) is 5.92 Å². The Bertz CT molecular complexity index is 557. The van der Waals surface area contributed by atoms with Crippen LogP contribution in [0.15, 0.2) is 24.3 Å². The maximum absolute atomic E-state index is 12.0. The number of carbonyl (C=O) groups excluding carboxylic acids is 2. The molecule has 5 N–H and O–H groups in total. The van der Waals surface area contributed by atoms with Crippen molar-refractivity contribution < 1.29 is 24.2 Å². The van der Waals surface area contributed by atoms with Gasteiger partial charge in [0.05, 0.1) is 19.3 Å². The zero-order valence-corrected chi connectivity index (χ0v) is 11.0. The number of aliphatic carboxylic acids is 1. The summed E-state index contributed by atoms with van der Waals surface area (Å²) in [6.07, 6.45) is 0. The van der Waals surface area contributed by atoms with Crippen LogP contribution in [-0.2, 0) is 9.53 Å². The first-order chi connectivity index (χ1) is 9.97. The van der Waals surface area contributed by atoms with Gasteiger partial charge in [-0.25, -0.2) is 4.79 Å². The quantitative estimate of drug-likeness (QED) is 0.621. The number of anilines is 1. The number of hydrogen-bond donors (Lipinski definition) is 4. The molecule has 0 aromatic heterocycles. The molecule has 0 saturated carbocycles. The molecule has 8 nitrogen and oxygen atoms in total. The molecule has 0 bridgehead atoms. The number of amides is 3. The fourth-order valence-corrected chi connectivity index (χ4v) is 2.04. The van der Waals surface area contributed by atoms with Gasteiger partial charge < -0.3 is 26.2 Å². The van der Waals surface area contributed by atoms with E-state index in [0.29, 0.717) is 11.3 Å². The normalized spacial score (nSPS) is 20.8. The fraction of sp³-hybridized carbons (Fsp3) is 0.308. The monoisotopic (exact) mass is 293 g/mol. The smallest absolute Gasteiger partial charge is 0.316 e. The molecule has 1 aromatic carbocycles. The van der Waals surface area contributed by atoms with E-state index in [0.717, 1.165) is 0 Å². The lowest BCUT2D eigenvalue weighted by molar-refractivity contribution is -0.142. The number of ether oxygens (including phenoxy) is 1. The maximum Gasteiger partial charge on any atom is 0.316 e.